The van der Waals surface area contributed by atoms with Crippen molar-refractivity contribution in [3.63, 3.8) is 0 Å². The van der Waals surface area contributed by atoms with Crippen molar-refractivity contribution in [3.8, 4) is 5.75 Å². The monoisotopic (exact) mass is 281 g/mol. The average Bonchev–Trinajstić information content (AvgIpc) is 2.85. The highest BCUT2D eigenvalue weighted by Crippen LogP contribution is 2.16. The predicted molar refractivity (Wildman–Crippen MR) is 72.3 cm³/mol. The van der Waals surface area contributed by atoms with Crippen molar-refractivity contribution in [2.45, 2.75) is 26.0 Å². The van der Waals surface area contributed by atoms with E-state index in [9.17, 15) is 0 Å². The number of aromatic nitrogens is 2. The first-order valence-corrected chi connectivity index (χ1v) is 6.42. The first kappa shape index (κ1) is 13.8. The van der Waals surface area contributed by atoms with E-state index in [2.05, 4.69) is 22.4 Å². The molecule has 0 saturated carbocycles. The zero-order valence-corrected chi connectivity index (χ0v) is 11.6. The molecule has 19 heavy (non-hydrogen) atoms. The summed E-state index contributed by atoms with van der Waals surface area (Å²) in [6, 6.07) is 7.43. The molecule has 1 aromatic heterocycles. The minimum absolute atomic E-state index is 0.253. The number of nitrogens with zero attached hydrogens (tertiary/aromatic N) is 2. The molecule has 0 amide bonds. The summed E-state index contributed by atoms with van der Waals surface area (Å²) in [5.41, 5.74) is 0. The van der Waals surface area contributed by atoms with Crippen molar-refractivity contribution < 1.29 is 9.26 Å². The molecule has 0 spiro atoms. The summed E-state index contributed by atoms with van der Waals surface area (Å²) in [4.78, 5) is 4.26. The van der Waals surface area contributed by atoms with E-state index in [1.54, 1.807) is 24.3 Å². The molecule has 0 aliphatic rings. The largest absolute Gasteiger partial charge is 0.484 e. The third-order valence-corrected chi connectivity index (χ3v) is 2.92. The highest BCUT2D eigenvalue weighted by Gasteiger charge is 2.09. The maximum atomic E-state index is 5.79. The van der Waals surface area contributed by atoms with Gasteiger partial charge in [0, 0.05) is 17.5 Å². The molecule has 1 N–H and O–H groups in total. The lowest BCUT2D eigenvalue weighted by Gasteiger charge is -2.04. The molecule has 0 fully saturated rings. The SMILES string of the molecule is CNC(C)Cc1noc(COc2ccc(Cl)cc2)n1. The van der Waals surface area contributed by atoms with Crippen molar-refractivity contribution in [3.05, 3.63) is 41.0 Å². The number of likely N-dealkylation sites (N-methyl/N-ethyl adjacent to an activating group) is 1. The van der Waals surface area contributed by atoms with Crippen LogP contribution in [0.4, 0.5) is 0 Å². The number of rotatable bonds is 6. The lowest BCUT2D eigenvalue weighted by Crippen LogP contribution is -2.24. The minimum Gasteiger partial charge on any atom is -0.484 e. The van der Waals surface area contributed by atoms with Gasteiger partial charge in [-0.2, -0.15) is 4.98 Å². The smallest absolute Gasteiger partial charge is 0.264 e. The Hall–Kier alpha value is -1.59. The van der Waals surface area contributed by atoms with Crippen LogP contribution in [0.1, 0.15) is 18.6 Å². The van der Waals surface area contributed by atoms with Gasteiger partial charge in [0.05, 0.1) is 0 Å². The van der Waals surface area contributed by atoms with Crippen LogP contribution in [-0.2, 0) is 13.0 Å². The van der Waals surface area contributed by atoms with Crippen molar-refractivity contribution in [2.75, 3.05) is 7.05 Å². The Morgan fingerprint density at radius 3 is 2.79 bits per heavy atom. The van der Waals surface area contributed by atoms with Crippen LogP contribution in [0.2, 0.25) is 5.02 Å². The molecule has 0 aliphatic heterocycles. The third kappa shape index (κ3) is 4.22. The van der Waals surface area contributed by atoms with Gasteiger partial charge >= 0.3 is 0 Å². The summed E-state index contributed by atoms with van der Waals surface area (Å²) in [5, 5.41) is 7.70. The van der Waals surface area contributed by atoms with Gasteiger partial charge in [-0.3, -0.25) is 0 Å². The van der Waals surface area contributed by atoms with Crippen LogP contribution < -0.4 is 10.1 Å². The maximum Gasteiger partial charge on any atom is 0.264 e. The van der Waals surface area contributed by atoms with E-state index < -0.39 is 0 Å². The Kier molecular flexibility index (Phi) is 4.76. The lowest BCUT2D eigenvalue weighted by molar-refractivity contribution is 0.242. The summed E-state index contributed by atoms with van der Waals surface area (Å²) >= 11 is 5.79. The van der Waals surface area contributed by atoms with Gasteiger partial charge in [0.2, 0.25) is 0 Å². The van der Waals surface area contributed by atoms with Crippen molar-refractivity contribution in [2.24, 2.45) is 0 Å². The number of ether oxygens (including phenoxy) is 1. The van der Waals surface area contributed by atoms with Crippen LogP contribution in [0.25, 0.3) is 0 Å². The molecule has 0 radical (unpaired) electrons. The fourth-order valence-electron chi connectivity index (χ4n) is 1.48. The van der Waals surface area contributed by atoms with Gasteiger partial charge in [-0.1, -0.05) is 16.8 Å². The van der Waals surface area contributed by atoms with Crippen molar-refractivity contribution in [1.82, 2.24) is 15.5 Å². The van der Waals surface area contributed by atoms with E-state index in [4.69, 9.17) is 20.9 Å². The van der Waals surface area contributed by atoms with Crippen molar-refractivity contribution >= 4 is 11.6 Å². The van der Waals surface area contributed by atoms with E-state index in [-0.39, 0.29) is 6.61 Å². The molecule has 6 heteroatoms. The summed E-state index contributed by atoms with van der Waals surface area (Å²) in [7, 11) is 1.90. The number of nitrogens with one attached hydrogen (secondary N) is 1. The summed E-state index contributed by atoms with van der Waals surface area (Å²) in [5.74, 6) is 1.86. The number of hydrogen-bond donors (Lipinski definition) is 1. The predicted octanol–water partition coefficient (Wildman–Crippen LogP) is 2.45. The standard InChI is InChI=1S/C13H16ClN3O2/c1-9(15-2)7-12-16-13(19-17-12)8-18-11-5-3-10(14)4-6-11/h3-6,9,15H,7-8H2,1-2H3. The summed E-state index contributed by atoms with van der Waals surface area (Å²) in [6.07, 6.45) is 0.723. The van der Waals surface area contributed by atoms with Gasteiger partial charge in [-0.15, -0.1) is 0 Å². The second-order valence-corrected chi connectivity index (χ2v) is 4.68. The molecular weight excluding hydrogens is 266 g/mol. The molecule has 0 bridgehead atoms. The number of benzene rings is 1. The second kappa shape index (κ2) is 6.54. The van der Waals surface area contributed by atoms with Crippen LogP contribution in [0.15, 0.2) is 28.8 Å². The molecular formula is C13H16ClN3O2. The van der Waals surface area contributed by atoms with Crippen LogP contribution >= 0.6 is 11.6 Å². The first-order chi connectivity index (χ1) is 9.17. The third-order valence-electron chi connectivity index (χ3n) is 2.67. The Morgan fingerprint density at radius 1 is 1.37 bits per heavy atom. The minimum atomic E-state index is 0.253. The average molecular weight is 282 g/mol. The normalized spacial score (nSPS) is 12.4. The Balaban J connectivity index is 1.88. The van der Waals surface area contributed by atoms with E-state index in [1.165, 1.54) is 0 Å². The first-order valence-electron chi connectivity index (χ1n) is 6.04. The van der Waals surface area contributed by atoms with E-state index >= 15 is 0 Å². The molecule has 102 valence electrons. The molecule has 1 unspecified atom stereocenters. The van der Waals surface area contributed by atoms with Gasteiger partial charge in [0.15, 0.2) is 12.4 Å². The van der Waals surface area contributed by atoms with Gasteiger partial charge < -0.3 is 14.6 Å². The second-order valence-electron chi connectivity index (χ2n) is 4.24. The summed E-state index contributed by atoms with van der Waals surface area (Å²) < 4.78 is 10.6. The van der Waals surface area contributed by atoms with Gasteiger partial charge in [-0.05, 0) is 38.2 Å². The van der Waals surface area contributed by atoms with E-state index in [1.807, 2.05) is 7.05 Å². The topological polar surface area (TPSA) is 60.2 Å². The van der Waals surface area contributed by atoms with Crippen LogP contribution in [0.5, 0.6) is 5.75 Å². The van der Waals surface area contributed by atoms with Crippen LogP contribution in [-0.4, -0.2) is 23.2 Å². The molecule has 0 aliphatic carbocycles. The zero-order chi connectivity index (χ0) is 13.7. The number of hydrogen-bond acceptors (Lipinski definition) is 5. The van der Waals surface area contributed by atoms with Gasteiger partial charge in [0.25, 0.3) is 5.89 Å². The zero-order valence-electron chi connectivity index (χ0n) is 10.9. The highest BCUT2D eigenvalue weighted by molar-refractivity contribution is 6.30. The van der Waals surface area contributed by atoms with Crippen LogP contribution in [0, 0.1) is 0 Å². The molecule has 1 atom stereocenters. The Morgan fingerprint density at radius 2 is 2.11 bits per heavy atom. The lowest BCUT2D eigenvalue weighted by atomic mass is 10.2. The van der Waals surface area contributed by atoms with Crippen molar-refractivity contribution in [1.29, 1.82) is 0 Å². The molecule has 1 heterocycles. The van der Waals surface area contributed by atoms with Crippen LogP contribution in [0.3, 0.4) is 0 Å². The molecule has 2 aromatic rings. The van der Waals surface area contributed by atoms with E-state index in [0.717, 1.165) is 6.42 Å². The maximum absolute atomic E-state index is 5.79. The number of halogens is 1. The molecule has 1 aromatic carbocycles. The molecule has 0 saturated heterocycles. The fourth-order valence-corrected chi connectivity index (χ4v) is 1.61. The molecule has 5 nitrogen and oxygen atoms in total. The Labute approximate surface area is 116 Å². The fraction of sp³-hybridized carbons (Fsp3) is 0.385. The Bertz CT molecular complexity index is 513. The summed E-state index contributed by atoms with van der Waals surface area (Å²) in [6.45, 7) is 2.31. The molecule has 2 rings (SSSR count). The van der Waals surface area contributed by atoms with Gasteiger partial charge in [-0.25, -0.2) is 0 Å². The quantitative estimate of drug-likeness (QED) is 0.881. The van der Waals surface area contributed by atoms with E-state index in [0.29, 0.717) is 28.5 Å². The van der Waals surface area contributed by atoms with Gasteiger partial charge in [0.1, 0.15) is 5.75 Å². The highest BCUT2D eigenvalue weighted by atomic mass is 35.5.